The minimum atomic E-state index is -0.916. The summed E-state index contributed by atoms with van der Waals surface area (Å²) >= 11 is 0. The summed E-state index contributed by atoms with van der Waals surface area (Å²) in [5.41, 5.74) is 1.02. The Morgan fingerprint density at radius 2 is 1.30 bits per heavy atom. The quantitative estimate of drug-likeness (QED) is 0.908. The van der Waals surface area contributed by atoms with Crippen LogP contribution in [0.1, 0.15) is 18.1 Å². The molecule has 0 heterocycles. The van der Waals surface area contributed by atoms with E-state index in [0.717, 1.165) is 22.6 Å². The van der Waals surface area contributed by atoms with Gasteiger partial charge in [0, 0.05) is 6.42 Å². The summed E-state index contributed by atoms with van der Waals surface area (Å²) in [5.74, 6) is 1.60. The second kappa shape index (κ2) is 5.97. The van der Waals surface area contributed by atoms with Crippen LogP contribution >= 0.6 is 0 Å². The zero-order valence-corrected chi connectivity index (χ0v) is 12.1. The highest BCUT2D eigenvalue weighted by molar-refractivity contribution is 5.33. The number of aliphatic hydroxyl groups is 1. The molecule has 2 aromatic carbocycles. The molecule has 0 saturated carbocycles. The summed E-state index contributed by atoms with van der Waals surface area (Å²) in [5, 5.41) is 10.7. The summed E-state index contributed by atoms with van der Waals surface area (Å²) in [6.07, 6.45) is 0.545. The van der Waals surface area contributed by atoms with Gasteiger partial charge in [-0.15, -0.1) is 0 Å². The maximum Gasteiger partial charge on any atom is 0.118 e. The van der Waals surface area contributed by atoms with Crippen molar-refractivity contribution in [2.75, 3.05) is 14.2 Å². The van der Waals surface area contributed by atoms with Crippen LogP contribution in [-0.4, -0.2) is 19.3 Å². The van der Waals surface area contributed by atoms with E-state index in [1.807, 2.05) is 55.5 Å². The smallest absolute Gasteiger partial charge is 0.118 e. The van der Waals surface area contributed by atoms with Gasteiger partial charge >= 0.3 is 0 Å². The van der Waals surface area contributed by atoms with E-state index < -0.39 is 5.60 Å². The second-order valence-corrected chi connectivity index (χ2v) is 5.03. The lowest BCUT2D eigenvalue weighted by atomic mass is 9.89. The van der Waals surface area contributed by atoms with Crippen LogP contribution in [0.4, 0.5) is 0 Å². The van der Waals surface area contributed by atoms with E-state index in [0.29, 0.717) is 6.42 Å². The van der Waals surface area contributed by atoms with Crippen molar-refractivity contribution in [1.82, 2.24) is 0 Å². The highest BCUT2D eigenvalue weighted by Gasteiger charge is 2.23. The second-order valence-electron chi connectivity index (χ2n) is 5.03. The number of ether oxygens (including phenoxy) is 2. The fraction of sp³-hybridized carbons (Fsp3) is 0.294. The summed E-state index contributed by atoms with van der Waals surface area (Å²) < 4.78 is 10.3. The zero-order valence-electron chi connectivity index (χ0n) is 12.1. The number of hydrogen-bond donors (Lipinski definition) is 1. The van der Waals surface area contributed by atoms with E-state index in [1.165, 1.54) is 0 Å². The minimum absolute atomic E-state index is 0.545. The van der Waals surface area contributed by atoms with Gasteiger partial charge in [0.05, 0.1) is 19.8 Å². The Bertz CT molecular complexity index is 541. The number of benzene rings is 2. The van der Waals surface area contributed by atoms with Crippen LogP contribution in [-0.2, 0) is 12.0 Å². The van der Waals surface area contributed by atoms with Gasteiger partial charge in [-0.3, -0.25) is 0 Å². The van der Waals surface area contributed by atoms with Gasteiger partial charge in [-0.1, -0.05) is 24.3 Å². The van der Waals surface area contributed by atoms with Gasteiger partial charge in [0.1, 0.15) is 11.5 Å². The Hall–Kier alpha value is -2.00. The van der Waals surface area contributed by atoms with E-state index in [9.17, 15) is 5.11 Å². The molecule has 0 aliphatic rings. The molecule has 1 unspecified atom stereocenters. The number of rotatable bonds is 5. The van der Waals surface area contributed by atoms with E-state index in [-0.39, 0.29) is 0 Å². The van der Waals surface area contributed by atoms with E-state index in [2.05, 4.69) is 0 Å². The molecule has 0 spiro atoms. The first-order valence-corrected chi connectivity index (χ1v) is 6.55. The predicted molar refractivity (Wildman–Crippen MR) is 79.3 cm³/mol. The van der Waals surface area contributed by atoms with Crippen LogP contribution in [0.3, 0.4) is 0 Å². The molecular formula is C17H20O3. The van der Waals surface area contributed by atoms with Gasteiger partial charge < -0.3 is 14.6 Å². The molecule has 3 nitrogen and oxygen atoms in total. The lowest BCUT2D eigenvalue weighted by Gasteiger charge is -2.24. The Balaban J connectivity index is 2.15. The lowest BCUT2D eigenvalue weighted by molar-refractivity contribution is 0.0576. The molecule has 2 rings (SSSR count). The van der Waals surface area contributed by atoms with Gasteiger partial charge in [0.25, 0.3) is 0 Å². The fourth-order valence-electron chi connectivity index (χ4n) is 2.19. The third-order valence-electron chi connectivity index (χ3n) is 3.42. The van der Waals surface area contributed by atoms with Crippen LogP contribution in [0, 0.1) is 0 Å². The molecule has 0 aliphatic carbocycles. The van der Waals surface area contributed by atoms with Crippen LogP contribution < -0.4 is 9.47 Å². The van der Waals surface area contributed by atoms with E-state index in [4.69, 9.17) is 9.47 Å². The topological polar surface area (TPSA) is 38.7 Å². The summed E-state index contributed by atoms with van der Waals surface area (Å²) in [6, 6.07) is 15.2. The molecule has 1 N–H and O–H groups in total. The Morgan fingerprint density at radius 3 is 1.75 bits per heavy atom. The van der Waals surface area contributed by atoms with Crippen molar-refractivity contribution in [2.24, 2.45) is 0 Å². The molecule has 0 saturated heterocycles. The third-order valence-corrected chi connectivity index (χ3v) is 3.42. The van der Waals surface area contributed by atoms with Crippen molar-refractivity contribution < 1.29 is 14.6 Å². The van der Waals surface area contributed by atoms with Crippen LogP contribution in [0.5, 0.6) is 11.5 Å². The highest BCUT2D eigenvalue weighted by Crippen LogP contribution is 2.27. The first kappa shape index (κ1) is 14.4. The van der Waals surface area contributed by atoms with Crippen LogP contribution in [0.2, 0.25) is 0 Å². The molecule has 0 radical (unpaired) electrons. The molecule has 0 fully saturated rings. The van der Waals surface area contributed by atoms with Gasteiger partial charge in [-0.05, 0) is 42.3 Å². The van der Waals surface area contributed by atoms with E-state index >= 15 is 0 Å². The van der Waals surface area contributed by atoms with Crippen molar-refractivity contribution in [3.05, 3.63) is 59.7 Å². The normalized spacial score (nSPS) is 13.6. The summed E-state index contributed by atoms with van der Waals surface area (Å²) in [7, 11) is 3.27. The molecule has 0 aromatic heterocycles. The highest BCUT2D eigenvalue weighted by atomic mass is 16.5. The van der Waals surface area contributed by atoms with Crippen molar-refractivity contribution in [3.8, 4) is 11.5 Å². The SMILES string of the molecule is COc1ccc(CC(C)(O)c2ccc(OC)cc2)cc1. The molecule has 3 heteroatoms. The van der Waals surface area contributed by atoms with Crippen molar-refractivity contribution in [3.63, 3.8) is 0 Å². The molecule has 0 amide bonds. The van der Waals surface area contributed by atoms with Gasteiger partial charge in [0.15, 0.2) is 0 Å². The first-order valence-electron chi connectivity index (χ1n) is 6.55. The zero-order chi connectivity index (χ0) is 14.6. The minimum Gasteiger partial charge on any atom is -0.497 e. The van der Waals surface area contributed by atoms with Crippen molar-refractivity contribution in [2.45, 2.75) is 18.9 Å². The fourth-order valence-corrected chi connectivity index (χ4v) is 2.19. The van der Waals surface area contributed by atoms with Gasteiger partial charge in [-0.25, -0.2) is 0 Å². The maximum absolute atomic E-state index is 10.7. The standard InChI is InChI=1S/C17H20O3/c1-17(18,14-6-10-16(20-3)11-7-14)12-13-4-8-15(19-2)9-5-13/h4-11,18H,12H2,1-3H3. The van der Waals surface area contributed by atoms with Crippen LogP contribution in [0.15, 0.2) is 48.5 Å². The molecule has 106 valence electrons. The largest absolute Gasteiger partial charge is 0.497 e. The average Bonchev–Trinajstić information content (AvgIpc) is 2.48. The molecule has 0 bridgehead atoms. The van der Waals surface area contributed by atoms with Crippen molar-refractivity contribution >= 4 is 0 Å². The summed E-state index contributed by atoms with van der Waals surface area (Å²) in [6.45, 7) is 1.82. The van der Waals surface area contributed by atoms with Crippen molar-refractivity contribution in [1.29, 1.82) is 0 Å². The number of methoxy groups -OCH3 is 2. The Kier molecular flexibility index (Phi) is 4.30. The van der Waals surface area contributed by atoms with Crippen LogP contribution in [0.25, 0.3) is 0 Å². The maximum atomic E-state index is 10.7. The number of hydrogen-bond acceptors (Lipinski definition) is 3. The predicted octanol–water partition coefficient (Wildman–Crippen LogP) is 3.15. The van der Waals surface area contributed by atoms with Gasteiger partial charge in [0.2, 0.25) is 0 Å². The van der Waals surface area contributed by atoms with E-state index in [1.54, 1.807) is 14.2 Å². The third kappa shape index (κ3) is 3.31. The molecule has 2 aromatic rings. The Morgan fingerprint density at radius 1 is 0.850 bits per heavy atom. The molecule has 1 atom stereocenters. The molecule has 20 heavy (non-hydrogen) atoms. The lowest BCUT2D eigenvalue weighted by Crippen LogP contribution is -2.24. The summed E-state index contributed by atoms with van der Waals surface area (Å²) in [4.78, 5) is 0. The molecular weight excluding hydrogens is 252 g/mol. The van der Waals surface area contributed by atoms with Gasteiger partial charge in [-0.2, -0.15) is 0 Å². The monoisotopic (exact) mass is 272 g/mol. The Labute approximate surface area is 119 Å². The average molecular weight is 272 g/mol. The first-order chi connectivity index (χ1) is 9.55. The molecule has 0 aliphatic heterocycles.